The van der Waals surface area contributed by atoms with Crippen molar-refractivity contribution in [3.05, 3.63) is 0 Å². The predicted octanol–water partition coefficient (Wildman–Crippen LogP) is 2.53. The molecule has 0 bridgehead atoms. The van der Waals surface area contributed by atoms with Crippen LogP contribution >= 0.6 is 0 Å². The lowest BCUT2D eigenvalue weighted by Gasteiger charge is -2.37. The minimum Gasteiger partial charge on any atom is -0.368 e. The van der Waals surface area contributed by atoms with E-state index in [0.29, 0.717) is 0 Å². The maximum Gasteiger partial charge on any atom is 0.0785 e. The maximum absolute atomic E-state index is 6.04. The van der Waals surface area contributed by atoms with Gasteiger partial charge in [-0.15, -0.1) is 0 Å². The van der Waals surface area contributed by atoms with E-state index in [1.165, 1.54) is 0 Å². The lowest BCUT2D eigenvalue weighted by Crippen LogP contribution is -2.44. The van der Waals surface area contributed by atoms with Crippen LogP contribution in [0.25, 0.3) is 0 Å². The van der Waals surface area contributed by atoms with Crippen LogP contribution in [-0.4, -0.2) is 36.7 Å². The first-order valence-corrected chi connectivity index (χ1v) is 5.03. The van der Waals surface area contributed by atoms with Crippen LogP contribution in [-0.2, 0) is 4.74 Å². The van der Waals surface area contributed by atoms with E-state index < -0.39 is 0 Å². The summed E-state index contributed by atoms with van der Waals surface area (Å²) < 4.78 is 6.04. The Hall–Kier alpha value is -0.0800. The van der Waals surface area contributed by atoms with Gasteiger partial charge < -0.3 is 9.64 Å². The van der Waals surface area contributed by atoms with Gasteiger partial charge in [0.25, 0.3) is 0 Å². The van der Waals surface area contributed by atoms with Gasteiger partial charge in [-0.3, -0.25) is 0 Å². The molecule has 80 valence electrons. The fourth-order valence-electron chi connectivity index (χ4n) is 1.62. The summed E-state index contributed by atoms with van der Waals surface area (Å²) in [6.07, 6.45) is 1.04. The van der Waals surface area contributed by atoms with Gasteiger partial charge in [-0.25, -0.2) is 0 Å². The number of hydrogen-bond donors (Lipinski definition) is 0. The van der Waals surface area contributed by atoms with Gasteiger partial charge in [-0.1, -0.05) is 6.92 Å². The van der Waals surface area contributed by atoms with Gasteiger partial charge >= 0.3 is 0 Å². The monoisotopic (exact) mass is 187 g/mol. The second-order valence-corrected chi connectivity index (χ2v) is 5.26. The number of hydrogen-bond acceptors (Lipinski definition) is 2. The van der Waals surface area contributed by atoms with Crippen LogP contribution in [0.3, 0.4) is 0 Å². The molecule has 0 aromatic carbocycles. The normalized spacial score (nSPS) is 17.5. The molecular weight excluding hydrogens is 162 g/mol. The first-order valence-electron chi connectivity index (χ1n) is 5.03. The van der Waals surface area contributed by atoms with Crippen molar-refractivity contribution >= 4 is 0 Å². The van der Waals surface area contributed by atoms with Crippen molar-refractivity contribution in [2.45, 2.75) is 52.2 Å². The predicted molar refractivity (Wildman–Crippen MR) is 58.1 cm³/mol. The van der Waals surface area contributed by atoms with E-state index in [2.05, 4.69) is 53.6 Å². The Balaban J connectivity index is 4.28. The molecular formula is C11H25NO. The summed E-state index contributed by atoms with van der Waals surface area (Å²) in [6.45, 7) is 11.7. The number of rotatable bonds is 4. The molecule has 0 heterocycles. The standard InChI is InChI=1S/C11H25NO/c1-8-11(5,9-12(6)7)13-10(2,3)4/h8-9H2,1-7H3. The smallest absolute Gasteiger partial charge is 0.0785 e. The molecule has 2 nitrogen and oxygen atoms in total. The molecule has 0 spiro atoms. The molecule has 0 fully saturated rings. The fourth-order valence-corrected chi connectivity index (χ4v) is 1.62. The molecule has 0 aromatic heterocycles. The van der Waals surface area contributed by atoms with Crippen molar-refractivity contribution in [2.24, 2.45) is 0 Å². The Morgan fingerprint density at radius 2 is 1.54 bits per heavy atom. The van der Waals surface area contributed by atoms with Crippen LogP contribution in [0.4, 0.5) is 0 Å². The van der Waals surface area contributed by atoms with Crippen molar-refractivity contribution < 1.29 is 4.74 Å². The summed E-state index contributed by atoms with van der Waals surface area (Å²) in [7, 11) is 4.17. The van der Waals surface area contributed by atoms with Crippen LogP contribution < -0.4 is 0 Å². The molecule has 0 aliphatic carbocycles. The van der Waals surface area contributed by atoms with Gasteiger partial charge in [0.1, 0.15) is 0 Å². The lowest BCUT2D eigenvalue weighted by molar-refractivity contribution is -0.131. The first kappa shape index (κ1) is 12.9. The highest BCUT2D eigenvalue weighted by molar-refractivity contribution is 4.79. The summed E-state index contributed by atoms with van der Waals surface area (Å²) in [5.74, 6) is 0. The molecule has 2 heteroatoms. The van der Waals surface area contributed by atoms with Crippen LogP contribution in [0.5, 0.6) is 0 Å². The lowest BCUT2D eigenvalue weighted by atomic mass is 10.0. The summed E-state index contributed by atoms with van der Waals surface area (Å²) in [6, 6.07) is 0. The van der Waals surface area contributed by atoms with Gasteiger partial charge in [0.2, 0.25) is 0 Å². The van der Waals surface area contributed by atoms with E-state index >= 15 is 0 Å². The Morgan fingerprint density at radius 1 is 1.08 bits per heavy atom. The highest BCUT2D eigenvalue weighted by Crippen LogP contribution is 2.23. The summed E-state index contributed by atoms with van der Waals surface area (Å²) >= 11 is 0. The zero-order valence-corrected chi connectivity index (χ0v) is 10.3. The number of ether oxygens (including phenoxy) is 1. The Kier molecular flexibility index (Phi) is 4.40. The summed E-state index contributed by atoms with van der Waals surface area (Å²) in [4.78, 5) is 2.18. The van der Waals surface area contributed by atoms with E-state index in [9.17, 15) is 0 Å². The topological polar surface area (TPSA) is 12.5 Å². The minimum absolute atomic E-state index is 0.0260. The van der Waals surface area contributed by atoms with Crippen molar-refractivity contribution in [2.75, 3.05) is 20.6 Å². The molecule has 0 radical (unpaired) electrons. The molecule has 0 saturated carbocycles. The largest absolute Gasteiger partial charge is 0.368 e. The SMILES string of the molecule is CCC(C)(CN(C)C)OC(C)(C)C. The molecule has 0 amide bonds. The highest BCUT2D eigenvalue weighted by Gasteiger charge is 2.29. The van der Waals surface area contributed by atoms with Gasteiger partial charge in [0.05, 0.1) is 11.2 Å². The average Bonchev–Trinajstić information content (AvgIpc) is 1.81. The summed E-state index contributed by atoms with van der Waals surface area (Å²) in [5.41, 5.74) is -0.0808. The molecule has 0 saturated heterocycles. The van der Waals surface area contributed by atoms with Crippen molar-refractivity contribution in [1.82, 2.24) is 4.90 Å². The molecule has 0 N–H and O–H groups in total. The quantitative estimate of drug-likeness (QED) is 0.670. The third-order valence-electron chi connectivity index (χ3n) is 1.95. The van der Waals surface area contributed by atoms with Crippen molar-refractivity contribution in [3.63, 3.8) is 0 Å². The van der Waals surface area contributed by atoms with Gasteiger partial charge in [0.15, 0.2) is 0 Å². The minimum atomic E-state index is -0.0548. The van der Waals surface area contributed by atoms with E-state index in [1.54, 1.807) is 0 Å². The number of nitrogens with zero attached hydrogens (tertiary/aromatic N) is 1. The zero-order valence-electron chi connectivity index (χ0n) is 10.3. The molecule has 13 heavy (non-hydrogen) atoms. The number of likely N-dealkylation sites (N-methyl/N-ethyl adjacent to an activating group) is 1. The van der Waals surface area contributed by atoms with Crippen LogP contribution in [0.2, 0.25) is 0 Å². The molecule has 0 rings (SSSR count). The van der Waals surface area contributed by atoms with E-state index in [4.69, 9.17) is 4.74 Å². The van der Waals surface area contributed by atoms with E-state index in [1.807, 2.05) is 0 Å². The van der Waals surface area contributed by atoms with Crippen molar-refractivity contribution in [1.29, 1.82) is 0 Å². The third-order valence-corrected chi connectivity index (χ3v) is 1.95. The van der Waals surface area contributed by atoms with Crippen molar-refractivity contribution in [3.8, 4) is 0 Å². The van der Waals surface area contributed by atoms with Crippen LogP contribution in [0.1, 0.15) is 41.0 Å². The third kappa shape index (κ3) is 6.05. The summed E-state index contributed by atoms with van der Waals surface area (Å²) in [5, 5.41) is 0. The molecule has 1 unspecified atom stereocenters. The van der Waals surface area contributed by atoms with E-state index in [-0.39, 0.29) is 11.2 Å². The molecule has 0 aliphatic rings. The molecule has 0 aliphatic heterocycles. The van der Waals surface area contributed by atoms with Gasteiger partial charge in [0, 0.05) is 6.54 Å². The highest BCUT2D eigenvalue weighted by atomic mass is 16.5. The molecule has 1 atom stereocenters. The fraction of sp³-hybridized carbons (Fsp3) is 1.00. The Morgan fingerprint density at radius 3 is 1.77 bits per heavy atom. The van der Waals surface area contributed by atoms with Crippen LogP contribution in [0.15, 0.2) is 0 Å². The second-order valence-electron chi connectivity index (χ2n) is 5.26. The Bertz CT molecular complexity index is 149. The van der Waals surface area contributed by atoms with Crippen LogP contribution in [0, 0.1) is 0 Å². The average molecular weight is 187 g/mol. The zero-order chi connectivity index (χ0) is 10.7. The van der Waals surface area contributed by atoms with Gasteiger partial charge in [-0.05, 0) is 48.2 Å². The first-order chi connectivity index (χ1) is 5.68. The molecule has 0 aromatic rings. The van der Waals surface area contributed by atoms with E-state index in [0.717, 1.165) is 13.0 Å². The Labute approximate surface area is 83.3 Å². The van der Waals surface area contributed by atoms with Gasteiger partial charge in [-0.2, -0.15) is 0 Å². The second kappa shape index (κ2) is 4.43. The maximum atomic E-state index is 6.04.